The normalized spacial score (nSPS) is 11.0. The van der Waals surface area contributed by atoms with E-state index in [4.69, 9.17) is 4.74 Å². The zero-order chi connectivity index (χ0) is 19.4. The zero-order valence-electron chi connectivity index (χ0n) is 16.4. The van der Waals surface area contributed by atoms with E-state index in [-0.39, 0.29) is 5.91 Å². The number of carbonyl (C=O) groups is 1. The van der Waals surface area contributed by atoms with Gasteiger partial charge in [-0.25, -0.2) is 4.68 Å². The number of aromatic nitrogens is 2. The Bertz CT molecular complexity index is 927. The molecular weight excluding hydrogens is 336 g/mol. The highest BCUT2D eigenvalue weighted by Crippen LogP contribution is 2.23. The fourth-order valence-corrected chi connectivity index (χ4v) is 3.19. The summed E-state index contributed by atoms with van der Waals surface area (Å²) in [6.07, 6.45) is 0.914. The molecule has 0 atom stereocenters. The second-order valence-corrected chi connectivity index (χ2v) is 7.23. The minimum absolute atomic E-state index is 0.158. The molecule has 0 aliphatic heterocycles. The van der Waals surface area contributed by atoms with Crippen molar-refractivity contribution in [3.05, 3.63) is 82.7 Å². The van der Waals surface area contributed by atoms with Crippen LogP contribution < -0.4 is 4.74 Å². The van der Waals surface area contributed by atoms with Crippen LogP contribution in [0, 0.1) is 19.8 Å². The van der Waals surface area contributed by atoms with Crippen LogP contribution in [0.25, 0.3) is 0 Å². The molecule has 0 N–H and O–H groups in total. The summed E-state index contributed by atoms with van der Waals surface area (Å²) in [7, 11) is 0. The van der Waals surface area contributed by atoms with Gasteiger partial charge in [0.05, 0.1) is 11.3 Å². The molecule has 1 aromatic heterocycles. The molecule has 0 radical (unpaired) electrons. The Balaban J connectivity index is 1.87. The number of para-hydroxylation sites is 1. The summed E-state index contributed by atoms with van der Waals surface area (Å²) in [5, 5.41) is 4.51. The standard InChI is InChI=1S/C23H26N2O2/c1-16(2)14-21-17(3)24-25(18(21)4)23(26)20-12-8-9-13-22(20)27-15-19-10-6-5-7-11-19/h5-13,16H,14-15H2,1-4H3. The van der Waals surface area contributed by atoms with E-state index in [0.29, 0.717) is 23.8 Å². The Morgan fingerprint density at radius 1 is 1.04 bits per heavy atom. The van der Waals surface area contributed by atoms with Crippen LogP contribution in [0.15, 0.2) is 54.6 Å². The molecule has 2 aromatic carbocycles. The van der Waals surface area contributed by atoms with Crippen LogP contribution in [0.5, 0.6) is 5.75 Å². The van der Waals surface area contributed by atoms with Crippen LogP contribution in [0.2, 0.25) is 0 Å². The molecule has 0 fully saturated rings. The predicted octanol–water partition coefficient (Wildman–Crippen LogP) is 4.97. The smallest absolute Gasteiger partial charge is 0.282 e. The fraction of sp³-hybridized carbons (Fsp3) is 0.304. The molecule has 140 valence electrons. The number of carbonyl (C=O) groups excluding carboxylic acids is 1. The lowest BCUT2D eigenvalue weighted by Crippen LogP contribution is -2.17. The van der Waals surface area contributed by atoms with Gasteiger partial charge in [-0.1, -0.05) is 56.3 Å². The minimum Gasteiger partial charge on any atom is -0.488 e. The molecule has 1 heterocycles. The molecule has 4 heteroatoms. The van der Waals surface area contributed by atoms with E-state index in [1.165, 1.54) is 4.68 Å². The van der Waals surface area contributed by atoms with Crippen LogP contribution in [-0.4, -0.2) is 15.7 Å². The quantitative estimate of drug-likeness (QED) is 0.622. The fourth-order valence-electron chi connectivity index (χ4n) is 3.19. The lowest BCUT2D eigenvalue weighted by molar-refractivity contribution is 0.0937. The largest absolute Gasteiger partial charge is 0.488 e. The van der Waals surface area contributed by atoms with Gasteiger partial charge in [-0.3, -0.25) is 4.79 Å². The maximum Gasteiger partial charge on any atom is 0.282 e. The zero-order valence-corrected chi connectivity index (χ0v) is 16.4. The Labute approximate surface area is 160 Å². The SMILES string of the molecule is Cc1nn(C(=O)c2ccccc2OCc2ccccc2)c(C)c1CC(C)C. The third-order valence-corrected chi connectivity index (χ3v) is 4.60. The monoisotopic (exact) mass is 362 g/mol. The van der Waals surface area contributed by atoms with E-state index in [2.05, 4.69) is 18.9 Å². The molecule has 0 amide bonds. The number of hydrogen-bond donors (Lipinski definition) is 0. The number of aryl methyl sites for hydroxylation is 1. The second-order valence-electron chi connectivity index (χ2n) is 7.23. The van der Waals surface area contributed by atoms with Gasteiger partial charge in [0.2, 0.25) is 0 Å². The lowest BCUT2D eigenvalue weighted by Gasteiger charge is -2.12. The Hall–Kier alpha value is -2.88. The number of hydrogen-bond acceptors (Lipinski definition) is 3. The highest BCUT2D eigenvalue weighted by Gasteiger charge is 2.21. The van der Waals surface area contributed by atoms with Crippen molar-refractivity contribution < 1.29 is 9.53 Å². The summed E-state index contributed by atoms with van der Waals surface area (Å²) >= 11 is 0. The van der Waals surface area contributed by atoms with Gasteiger partial charge < -0.3 is 4.74 Å². The second kappa shape index (κ2) is 8.21. The van der Waals surface area contributed by atoms with E-state index in [0.717, 1.165) is 28.9 Å². The molecule has 27 heavy (non-hydrogen) atoms. The number of ether oxygens (including phenoxy) is 1. The van der Waals surface area contributed by atoms with Crippen molar-refractivity contribution in [1.82, 2.24) is 9.78 Å². The molecule has 0 bridgehead atoms. The Morgan fingerprint density at radius 3 is 2.41 bits per heavy atom. The van der Waals surface area contributed by atoms with Crippen molar-refractivity contribution in [1.29, 1.82) is 0 Å². The van der Waals surface area contributed by atoms with E-state index >= 15 is 0 Å². The Morgan fingerprint density at radius 2 is 1.70 bits per heavy atom. The van der Waals surface area contributed by atoms with Crippen molar-refractivity contribution in [2.24, 2.45) is 5.92 Å². The first-order valence-electron chi connectivity index (χ1n) is 9.33. The third-order valence-electron chi connectivity index (χ3n) is 4.60. The van der Waals surface area contributed by atoms with Crippen LogP contribution in [0.1, 0.15) is 46.7 Å². The van der Waals surface area contributed by atoms with Crippen LogP contribution in [-0.2, 0) is 13.0 Å². The van der Waals surface area contributed by atoms with Crippen molar-refractivity contribution in [3.63, 3.8) is 0 Å². The van der Waals surface area contributed by atoms with Gasteiger partial charge >= 0.3 is 0 Å². The highest BCUT2D eigenvalue weighted by molar-refractivity contribution is 5.98. The van der Waals surface area contributed by atoms with Crippen molar-refractivity contribution in [2.45, 2.75) is 40.7 Å². The first-order chi connectivity index (χ1) is 13.0. The van der Waals surface area contributed by atoms with E-state index in [9.17, 15) is 4.79 Å². The van der Waals surface area contributed by atoms with Gasteiger partial charge in [0.25, 0.3) is 5.91 Å². The molecule has 0 spiro atoms. The summed E-state index contributed by atoms with van der Waals surface area (Å²) in [4.78, 5) is 13.2. The van der Waals surface area contributed by atoms with E-state index < -0.39 is 0 Å². The van der Waals surface area contributed by atoms with E-state index in [1.807, 2.05) is 62.4 Å². The van der Waals surface area contributed by atoms with Crippen LogP contribution in [0.4, 0.5) is 0 Å². The van der Waals surface area contributed by atoms with Crippen molar-refractivity contribution in [3.8, 4) is 5.75 Å². The first-order valence-corrected chi connectivity index (χ1v) is 9.33. The minimum atomic E-state index is -0.158. The first kappa shape index (κ1) is 18.9. The topological polar surface area (TPSA) is 44.1 Å². The van der Waals surface area contributed by atoms with Gasteiger partial charge in [-0.15, -0.1) is 0 Å². The van der Waals surface area contributed by atoms with Gasteiger partial charge in [0.1, 0.15) is 12.4 Å². The van der Waals surface area contributed by atoms with Gasteiger partial charge in [-0.2, -0.15) is 5.10 Å². The summed E-state index contributed by atoms with van der Waals surface area (Å²) in [6, 6.07) is 17.3. The average molecular weight is 362 g/mol. The maximum absolute atomic E-state index is 13.2. The van der Waals surface area contributed by atoms with Crippen LogP contribution in [0.3, 0.4) is 0 Å². The number of benzene rings is 2. The van der Waals surface area contributed by atoms with Gasteiger partial charge in [-0.05, 0) is 49.4 Å². The van der Waals surface area contributed by atoms with Crippen LogP contribution >= 0.6 is 0 Å². The Kier molecular flexibility index (Phi) is 5.75. The van der Waals surface area contributed by atoms with E-state index in [1.54, 1.807) is 6.07 Å². The number of nitrogens with zero attached hydrogens (tertiary/aromatic N) is 2. The van der Waals surface area contributed by atoms with Gasteiger partial charge in [0, 0.05) is 5.69 Å². The molecule has 0 saturated carbocycles. The van der Waals surface area contributed by atoms with Gasteiger partial charge in [0.15, 0.2) is 0 Å². The number of rotatable bonds is 6. The summed E-state index contributed by atoms with van der Waals surface area (Å²) < 4.78 is 7.46. The molecule has 3 rings (SSSR count). The molecular formula is C23H26N2O2. The maximum atomic E-state index is 13.2. The highest BCUT2D eigenvalue weighted by atomic mass is 16.5. The summed E-state index contributed by atoms with van der Waals surface area (Å²) in [5.74, 6) is 0.926. The predicted molar refractivity (Wildman–Crippen MR) is 107 cm³/mol. The molecule has 3 aromatic rings. The molecule has 0 unspecified atom stereocenters. The summed E-state index contributed by atoms with van der Waals surface area (Å²) in [5.41, 5.74) is 4.56. The summed E-state index contributed by atoms with van der Waals surface area (Å²) in [6.45, 7) is 8.69. The molecule has 4 nitrogen and oxygen atoms in total. The van der Waals surface area contributed by atoms with Crippen molar-refractivity contribution in [2.75, 3.05) is 0 Å². The molecule has 0 aliphatic carbocycles. The lowest BCUT2D eigenvalue weighted by atomic mass is 10.0. The molecule has 0 saturated heterocycles. The average Bonchev–Trinajstić information content (AvgIpc) is 2.94. The third kappa shape index (κ3) is 4.27. The van der Waals surface area contributed by atoms with Crippen molar-refractivity contribution >= 4 is 5.91 Å². The molecule has 0 aliphatic rings.